The fraction of sp³-hybridized carbons (Fsp3) is 0.688. The van der Waals surface area contributed by atoms with Crippen molar-refractivity contribution in [3.63, 3.8) is 0 Å². The molecule has 0 amide bonds. The summed E-state index contributed by atoms with van der Waals surface area (Å²) in [5.41, 5.74) is 2.38. The Balaban J connectivity index is 3.15. The van der Waals surface area contributed by atoms with Gasteiger partial charge in [0.15, 0.2) is 0 Å². The summed E-state index contributed by atoms with van der Waals surface area (Å²) in [5.74, 6) is 0.789. The van der Waals surface area contributed by atoms with E-state index >= 15 is 0 Å². The van der Waals surface area contributed by atoms with Crippen LogP contribution in [-0.2, 0) is 6.42 Å². The summed E-state index contributed by atoms with van der Waals surface area (Å²) >= 11 is 0. The highest BCUT2D eigenvalue weighted by Gasteiger charge is 2.26. The summed E-state index contributed by atoms with van der Waals surface area (Å²) < 4.78 is 5.41. The summed E-state index contributed by atoms with van der Waals surface area (Å²) in [6.45, 7) is 12.9. The highest BCUT2D eigenvalue weighted by atomic mass is 28.3. The molecule has 0 aliphatic carbocycles. The van der Waals surface area contributed by atoms with Gasteiger partial charge in [-0.05, 0) is 37.8 Å². The molecule has 0 spiro atoms. The van der Waals surface area contributed by atoms with E-state index in [-0.39, 0.29) is 5.63 Å². The van der Waals surface area contributed by atoms with Crippen molar-refractivity contribution >= 4 is 13.3 Å². The predicted molar refractivity (Wildman–Crippen MR) is 85.3 cm³/mol. The van der Waals surface area contributed by atoms with E-state index in [4.69, 9.17) is 4.42 Å². The Morgan fingerprint density at radius 1 is 1.05 bits per heavy atom. The zero-order valence-corrected chi connectivity index (χ0v) is 14.4. The second-order valence-corrected chi connectivity index (χ2v) is 11.5. The highest BCUT2D eigenvalue weighted by Crippen LogP contribution is 2.16. The third-order valence-corrected chi connectivity index (χ3v) is 5.77. The number of rotatable bonds is 6. The number of aryl methyl sites for hydroxylation is 1. The Morgan fingerprint density at radius 2 is 1.68 bits per heavy atom. The molecule has 0 N–H and O–H groups in total. The number of unbranched alkanes of at least 4 members (excludes halogenated alkanes) is 3. The molecule has 1 aromatic rings. The molecule has 1 heterocycles. The van der Waals surface area contributed by atoms with Crippen LogP contribution in [0.25, 0.3) is 0 Å². The molecule has 0 aliphatic heterocycles. The van der Waals surface area contributed by atoms with Crippen LogP contribution in [0.15, 0.2) is 9.21 Å². The lowest BCUT2D eigenvalue weighted by Gasteiger charge is -2.21. The molecule has 0 saturated heterocycles. The zero-order valence-electron chi connectivity index (χ0n) is 13.4. The van der Waals surface area contributed by atoms with Crippen molar-refractivity contribution in [1.82, 2.24) is 0 Å². The molecule has 108 valence electrons. The van der Waals surface area contributed by atoms with Gasteiger partial charge in [0.2, 0.25) is 0 Å². The summed E-state index contributed by atoms with van der Waals surface area (Å²) in [6, 6.07) is 0. The van der Waals surface area contributed by atoms with Crippen molar-refractivity contribution in [3.05, 3.63) is 27.3 Å². The largest absolute Gasteiger partial charge is 0.428 e. The SMILES string of the molecule is CCCCCCc1c(C)c(C)oc(=O)c1[Si](C)(C)C. The van der Waals surface area contributed by atoms with E-state index in [1.54, 1.807) is 0 Å². The van der Waals surface area contributed by atoms with Crippen molar-refractivity contribution in [2.45, 2.75) is 72.5 Å². The van der Waals surface area contributed by atoms with Gasteiger partial charge in [-0.15, -0.1) is 0 Å². The minimum atomic E-state index is -1.65. The standard InChI is InChI=1S/C16H28O2Si/c1-7-8-9-10-11-14-12(2)13(3)18-16(17)15(14)19(4,5)6/h7-11H2,1-6H3. The smallest absolute Gasteiger partial charge is 0.335 e. The van der Waals surface area contributed by atoms with Gasteiger partial charge in [-0.3, -0.25) is 0 Å². The average Bonchev–Trinajstić information content (AvgIpc) is 2.28. The molecule has 0 fully saturated rings. The van der Waals surface area contributed by atoms with Gasteiger partial charge in [-0.25, -0.2) is 4.79 Å². The monoisotopic (exact) mass is 280 g/mol. The molecule has 0 radical (unpaired) electrons. The second kappa shape index (κ2) is 6.55. The average molecular weight is 280 g/mol. The molecule has 1 rings (SSSR count). The lowest BCUT2D eigenvalue weighted by Crippen LogP contribution is -2.49. The Labute approximate surface area is 118 Å². The first-order valence-corrected chi connectivity index (χ1v) is 10.9. The first kappa shape index (κ1) is 16.2. The summed E-state index contributed by atoms with van der Waals surface area (Å²) in [6.07, 6.45) is 5.98. The van der Waals surface area contributed by atoms with Gasteiger partial charge in [0.05, 0.1) is 8.07 Å². The van der Waals surface area contributed by atoms with Crippen LogP contribution < -0.4 is 10.8 Å². The summed E-state index contributed by atoms with van der Waals surface area (Å²) in [5, 5.41) is 1.01. The van der Waals surface area contributed by atoms with Crippen LogP contribution in [0, 0.1) is 13.8 Å². The Hall–Kier alpha value is -0.833. The van der Waals surface area contributed by atoms with Crippen molar-refractivity contribution in [2.75, 3.05) is 0 Å². The van der Waals surface area contributed by atoms with Gasteiger partial charge in [-0.1, -0.05) is 45.8 Å². The normalized spacial score (nSPS) is 11.9. The maximum atomic E-state index is 12.2. The second-order valence-electron chi connectivity index (χ2n) is 6.48. The minimum absolute atomic E-state index is 0.0900. The van der Waals surface area contributed by atoms with Crippen molar-refractivity contribution in [3.8, 4) is 0 Å². The van der Waals surface area contributed by atoms with Crippen LogP contribution in [0.5, 0.6) is 0 Å². The van der Waals surface area contributed by atoms with E-state index in [2.05, 4.69) is 33.5 Å². The maximum Gasteiger partial charge on any atom is 0.335 e. The first-order valence-electron chi connectivity index (χ1n) is 7.42. The topological polar surface area (TPSA) is 30.2 Å². The molecule has 2 nitrogen and oxygen atoms in total. The maximum absolute atomic E-state index is 12.2. The van der Waals surface area contributed by atoms with Gasteiger partial charge in [0, 0.05) is 5.19 Å². The minimum Gasteiger partial charge on any atom is -0.428 e. The molecule has 0 unspecified atom stereocenters. The van der Waals surface area contributed by atoms with E-state index in [1.165, 1.54) is 36.8 Å². The zero-order chi connectivity index (χ0) is 14.6. The molecular weight excluding hydrogens is 252 g/mol. The van der Waals surface area contributed by atoms with Crippen LogP contribution in [0.3, 0.4) is 0 Å². The Morgan fingerprint density at radius 3 is 2.21 bits per heavy atom. The van der Waals surface area contributed by atoms with Crippen LogP contribution >= 0.6 is 0 Å². The molecule has 0 bridgehead atoms. The van der Waals surface area contributed by atoms with E-state index in [1.807, 2.05) is 6.92 Å². The van der Waals surface area contributed by atoms with Crippen molar-refractivity contribution in [2.24, 2.45) is 0 Å². The Kier molecular flexibility index (Phi) is 5.59. The molecule has 0 atom stereocenters. The molecule has 0 aliphatic rings. The van der Waals surface area contributed by atoms with Crippen molar-refractivity contribution in [1.29, 1.82) is 0 Å². The van der Waals surface area contributed by atoms with Gasteiger partial charge in [0.1, 0.15) is 5.76 Å². The van der Waals surface area contributed by atoms with Crippen molar-refractivity contribution < 1.29 is 4.42 Å². The molecule has 0 aromatic carbocycles. The van der Waals surface area contributed by atoms with E-state index < -0.39 is 8.07 Å². The van der Waals surface area contributed by atoms with Gasteiger partial charge < -0.3 is 4.42 Å². The molecule has 3 heteroatoms. The summed E-state index contributed by atoms with van der Waals surface area (Å²) in [7, 11) is -1.65. The summed E-state index contributed by atoms with van der Waals surface area (Å²) in [4.78, 5) is 12.2. The fourth-order valence-electron chi connectivity index (χ4n) is 2.59. The van der Waals surface area contributed by atoms with Crippen LogP contribution in [-0.4, -0.2) is 8.07 Å². The highest BCUT2D eigenvalue weighted by molar-refractivity contribution is 6.88. The number of hydrogen-bond donors (Lipinski definition) is 0. The van der Waals surface area contributed by atoms with Gasteiger partial charge in [-0.2, -0.15) is 0 Å². The molecule has 1 aromatic heterocycles. The van der Waals surface area contributed by atoms with E-state index in [0.717, 1.165) is 17.4 Å². The number of hydrogen-bond acceptors (Lipinski definition) is 2. The fourth-order valence-corrected chi connectivity index (χ4v) is 4.47. The molecule has 0 saturated carbocycles. The third-order valence-electron chi connectivity index (χ3n) is 3.76. The predicted octanol–water partition coefficient (Wildman–Crippen LogP) is 3.92. The van der Waals surface area contributed by atoms with Crippen LogP contribution in [0.4, 0.5) is 0 Å². The lowest BCUT2D eigenvalue weighted by molar-refractivity contribution is 0.477. The third kappa shape index (κ3) is 4.07. The molecule has 19 heavy (non-hydrogen) atoms. The van der Waals surface area contributed by atoms with Crippen LogP contribution in [0.1, 0.15) is 49.5 Å². The van der Waals surface area contributed by atoms with Crippen LogP contribution in [0.2, 0.25) is 19.6 Å². The van der Waals surface area contributed by atoms with Gasteiger partial charge >= 0.3 is 5.63 Å². The van der Waals surface area contributed by atoms with E-state index in [9.17, 15) is 4.79 Å². The molecular formula is C16H28O2Si. The van der Waals surface area contributed by atoms with E-state index in [0.29, 0.717) is 0 Å². The quantitative estimate of drug-likeness (QED) is 0.584. The first-order chi connectivity index (χ1) is 8.79. The Bertz CT molecular complexity index is 481. The van der Waals surface area contributed by atoms with Gasteiger partial charge in [0.25, 0.3) is 0 Å². The lowest BCUT2D eigenvalue weighted by atomic mass is 10.0.